The number of ether oxygens (including phenoxy) is 2. The van der Waals surface area contributed by atoms with Crippen molar-refractivity contribution < 1.29 is 19.0 Å². The van der Waals surface area contributed by atoms with Crippen LogP contribution in [0, 0.1) is 10.4 Å². The van der Waals surface area contributed by atoms with Crippen molar-refractivity contribution in [1.82, 2.24) is 4.90 Å². The Morgan fingerprint density at radius 2 is 1.82 bits per heavy atom. The highest BCUT2D eigenvalue weighted by atomic mass is 16.8. The SMILES string of the molecule is COc1cc(OC)c2cc(=[N+]([O-])[O-])c3ccc(O)oc-3c2c1. The lowest BCUT2D eigenvalue weighted by Gasteiger charge is -2.14. The van der Waals surface area contributed by atoms with Crippen molar-refractivity contribution in [1.29, 1.82) is 0 Å². The molecule has 0 saturated carbocycles. The van der Waals surface area contributed by atoms with Gasteiger partial charge >= 0.3 is 0 Å². The summed E-state index contributed by atoms with van der Waals surface area (Å²) in [5.41, 5.74) is 0.283. The van der Waals surface area contributed by atoms with Crippen LogP contribution in [0.1, 0.15) is 0 Å². The fraction of sp³-hybridized carbons (Fsp3) is 0.133. The van der Waals surface area contributed by atoms with Gasteiger partial charge in [0, 0.05) is 29.0 Å². The summed E-state index contributed by atoms with van der Waals surface area (Å²) < 4.78 is 15.8. The summed E-state index contributed by atoms with van der Waals surface area (Å²) in [6, 6.07) is 7.42. The van der Waals surface area contributed by atoms with E-state index in [9.17, 15) is 15.5 Å². The van der Waals surface area contributed by atoms with E-state index in [1.807, 2.05) is 0 Å². The molecule has 2 aliphatic rings. The molecule has 7 nitrogen and oxygen atoms in total. The van der Waals surface area contributed by atoms with Crippen molar-refractivity contribution in [2.24, 2.45) is 0 Å². The van der Waals surface area contributed by atoms with Gasteiger partial charge in [-0.3, -0.25) is 0 Å². The molecule has 1 aromatic rings. The van der Waals surface area contributed by atoms with E-state index in [-0.39, 0.29) is 22.6 Å². The zero-order valence-corrected chi connectivity index (χ0v) is 11.8. The molecular formula is C15H12NO6-. The smallest absolute Gasteiger partial charge is 0.282 e. The summed E-state index contributed by atoms with van der Waals surface area (Å²) in [5, 5.41) is 33.1. The average molecular weight is 302 g/mol. The molecule has 3 rings (SSSR count). The highest BCUT2D eigenvalue weighted by Crippen LogP contribution is 2.37. The van der Waals surface area contributed by atoms with E-state index in [4.69, 9.17) is 13.9 Å². The predicted molar refractivity (Wildman–Crippen MR) is 79.6 cm³/mol. The van der Waals surface area contributed by atoms with Crippen LogP contribution in [0.5, 0.6) is 17.4 Å². The zero-order valence-electron chi connectivity index (χ0n) is 11.8. The Hall–Kier alpha value is -3.09. The van der Waals surface area contributed by atoms with Gasteiger partial charge in [0.05, 0.1) is 19.8 Å². The normalized spacial score (nSPS) is 10.8. The van der Waals surface area contributed by atoms with Crippen LogP contribution in [-0.2, 0) is 0 Å². The second-order valence-electron chi connectivity index (χ2n) is 4.59. The van der Waals surface area contributed by atoms with Crippen molar-refractivity contribution in [3.8, 4) is 28.8 Å². The molecular weight excluding hydrogens is 290 g/mol. The van der Waals surface area contributed by atoms with Gasteiger partial charge in [-0.15, -0.1) is 0 Å². The van der Waals surface area contributed by atoms with Gasteiger partial charge in [-0.25, -0.2) is 0 Å². The molecule has 0 radical (unpaired) electrons. The van der Waals surface area contributed by atoms with Gasteiger partial charge in [0.2, 0.25) is 5.36 Å². The first-order valence-electron chi connectivity index (χ1n) is 6.34. The molecule has 1 aromatic carbocycles. The third-order valence-corrected chi connectivity index (χ3v) is 3.41. The number of nitrogens with zero attached hydrogens (tertiary/aromatic N) is 1. The monoisotopic (exact) mass is 302 g/mol. The molecule has 114 valence electrons. The van der Waals surface area contributed by atoms with Gasteiger partial charge in [-0.05, 0) is 12.1 Å². The lowest BCUT2D eigenvalue weighted by Crippen LogP contribution is -2.21. The van der Waals surface area contributed by atoms with E-state index in [1.54, 1.807) is 12.1 Å². The van der Waals surface area contributed by atoms with Crippen LogP contribution in [0.2, 0.25) is 0 Å². The molecule has 1 aliphatic heterocycles. The molecule has 0 bridgehead atoms. The van der Waals surface area contributed by atoms with E-state index in [0.717, 1.165) is 0 Å². The van der Waals surface area contributed by atoms with Crippen LogP contribution < -0.4 is 19.7 Å². The Balaban J connectivity index is 2.60. The summed E-state index contributed by atoms with van der Waals surface area (Å²) in [4.78, 5) is -0.502. The number of aromatic hydroxyl groups is 1. The van der Waals surface area contributed by atoms with Crippen LogP contribution in [0.3, 0.4) is 0 Å². The van der Waals surface area contributed by atoms with E-state index < -0.39 is 4.90 Å². The van der Waals surface area contributed by atoms with Crippen molar-refractivity contribution in [3.05, 3.63) is 46.1 Å². The summed E-state index contributed by atoms with van der Waals surface area (Å²) >= 11 is 0. The van der Waals surface area contributed by atoms with Crippen LogP contribution in [0.15, 0.2) is 34.7 Å². The zero-order chi connectivity index (χ0) is 15.9. The minimum Gasteiger partial charge on any atom is -0.612 e. The number of fused-ring (bicyclic) bond motifs is 3. The molecule has 0 amide bonds. The van der Waals surface area contributed by atoms with Crippen molar-refractivity contribution >= 4 is 10.8 Å². The van der Waals surface area contributed by atoms with E-state index in [2.05, 4.69) is 0 Å². The summed E-state index contributed by atoms with van der Waals surface area (Å²) in [5.74, 6) is 0.786. The van der Waals surface area contributed by atoms with E-state index in [1.165, 1.54) is 32.4 Å². The molecule has 1 aliphatic carbocycles. The number of benzene rings is 2. The molecule has 0 fully saturated rings. The number of methoxy groups -OCH3 is 2. The third kappa shape index (κ3) is 2.03. The summed E-state index contributed by atoms with van der Waals surface area (Å²) in [6.45, 7) is 0. The second kappa shape index (κ2) is 5.03. The standard InChI is InChI=1S/C15H12NO6/c1-20-8-5-11-10(13(6-8)21-2)7-12(16(18)19)9-3-4-14(17)22-15(9)11/h3-7H,1-2H3,(H-,17,18,19)/q-1. The highest BCUT2D eigenvalue weighted by Gasteiger charge is 2.20. The van der Waals surface area contributed by atoms with Crippen LogP contribution in [0.25, 0.3) is 22.1 Å². The first-order chi connectivity index (χ1) is 10.5. The second-order valence-corrected chi connectivity index (χ2v) is 4.59. The summed E-state index contributed by atoms with van der Waals surface area (Å²) in [6.07, 6.45) is 0. The minimum atomic E-state index is -0.502. The maximum atomic E-state index is 11.3. The summed E-state index contributed by atoms with van der Waals surface area (Å²) in [7, 11) is 2.96. The first-order valence-corrected chi connectivity index (χ1v) is 6.34. The van der Waals surface area contributed by atoms with Crippen LogP contribution in [0.4, 0.5) is 0 Å². The highest BCUT2D eigenvalue weighted by molar-refractivity contribution is 5.99. The first kappa shape index (κ1) is 13.9. The Morgan fingerprint density at radius 3 is 2.45 bits per heavy atom. The lowest BCUT2D eigenvalue weighted by molar-refractivity contribution is 0.329. The average Bonchev–Trinajstić information content (AvgIpc) is 2.52. The fourth-order valence-corrected chi connectivity index (χ4v) is 2.42. The Labute approximate surface area is 124 Å². The van der Waals surface area contributed by atoms with Gasteiger partial charge in [0.25, 0.3) is 5.95 Å². The van der Waals surface area contributed by atoms with Crippen LogP contribution >= 0.6 is 0 Å². The number of hydrogen-bond acceptors (Lipinski definition) is 6. The predicted octanol–water partition coefficient (Wildman–Crippen LogP) is 2.03. The maximum Gasteiger partial charge on any atom is 0.282 e. The lowest BCUT2D eigenvalue weighted by atomic mass is 10.0. The van der Waals surface area contributed by atoms with Crippen molar-refractivity contribution in [3.63, 3.8) is 0 Å². The maximum absolute atomic E-state index is 11.3. The molecule has 0 spiro atoms. The molecule has 0 atom stereocenters. The topological polar surface area (TPSA) is 101 Å². The van der Waals surface area contributed by atoms with Gasteiger partial charge in [-0.1, -0.05) is 0 Å². The Bertz CT molecular complexity index is 895. The Kier molecular flexibility index (Phi) is 3.17. The molecule has 22 heavy (non-hydrogen) atoms. The molecule has 1 N–H and O–H groups in total. The Morgan fingerprint density at radius 1 is 1.05 bits per heavy atom. The van der Waals surface area contributed by atoms with E-state index in [0.29, 0.717) is 22.3 Å². The van der Waals surface area contributed by atoms with Crippen molar-refractivity contribution in [2.45, 2.75) is 0 Å². The third-order valence-electron chi connectivity index (χ3n) is 3.41. The van der Waals surface area contributed by atoms with Crippen LogP contribution in [-0.4, -0.2) is 19.3 Å². The van der Waals surface area contributed by atoms with Crippen molar-refractivity contribution in [2.75, 3.05) is 14.2 Å². The van der Waals surface area contributed by atoms with Gasteiger partial charge in [-0.2, -0.15) is 4.90 Å². The number of hydrogen-bond donors (Lipinski definition) is 1. The van der Waals surface area contributed by atoms with Gasteiger partial charge in [0.15, 0.2) is 5.76 Å². The fourth-order valence-electron chi connectivity index (χ4n) is 2.42. The molecule has 0 unspecified atom stereocenters. The van der Waals surface area contributed by atoms with Gasteiger partial charge < -0.3 is 29.4 Å². The number of rotatable bonds is 2. The quantitative estimate of drug-likeness (QED) is 0.574. The van der Waals surface area contributed by atoms with Gasteiger partial charge in [0.1, 0.15) is 11.5 Å². The molecule has 0 aromatic heterocycles. The minimum absolute atomic E-state index is 0.130. The van der Waals surface area contributed by atoms with E-state index >= 15 is 0 Å². The largest absolute Gasteiger partial charge is 0.612 e. The molecule has 1 heterocycles. The molecule has 0 saturated heterocycles. The molecule has 7 heteroatoms.